The fourth-order valence-corrected chi connectivity index (χ4v) is 3.06. The van der Waals surface area contributed by atoms with Crippen LogP contribution in [0.1, 0.15) is 24.1 Å². The van der Waals surface area contributed by atoms with E-state index in [0.717, 1.165) is 12.1 Å². The van der Waals surface area contributed by atoms with Gasteiger partial charge in [0.2, 0.25) is 0 Å². The first kappa shape index (κ1) is 20.8. The van der Waals surface area contributed by atoms with Crippen molar-refractivity contribution in [3.63, 3.8) is 0 Å². The summed E-state index contributed by atoms with van der Waals surface area (Å²) in [7, 11) is 0. The molecule has 1 aliphatic heterocycles. The summed E-state index contributed by atoms with van der Waals surface area (Å²) in [6.45, 7) is 1.43. The minimum atomic E-state index is -4.68. The number of nitro groups is 1. The fraction of sp³-hybridized carbons (Fsp3) is 0.158. The Morgan fingerprint density at radius 3 is 2.37 bits per heavy atom. The van der Waals surface area contributed by atoms with E-state index in [9.17, 15) is 32.9 Å². The summed E-state index contributed by atoms with van der Waals surface area (Å²) in [6, 6.07) is 7.99. The summed E-state index contributed by atoms with van der Waals surface area (Å²) in [5, 5.41) is 18.0. The molecule has 8 nitrogen and oxygen atoms in total. The van der Waals surface area contributed by atoms with Crippen LogP contribution in [0, 0.1) is 10.1 Å². The summed E-state index contributed by atoms with van der Waals surface area (Å²) < 4.78 is 39.7. The van der Waals surface area contributed by atoms with E-state index in [4.69, 9.17) is 0 Å². The molecule has 0 saturated heterocycles. The van der Waals surface area contributed by atoms with Crippen LogP contribution in [0.2, 0.25) is 0 Å². The Morgan fingerprint density at radius 2 is 1.77 bits per heavy atom. The van der Waals surface area contributed by atoms with Crippen molar-refractivity contribution in [2.45, 2.75) is 19.1 Å². The third kappa shape index (κ3) is 4.24. The molecule has 0 radical (unpaired) electrons. The van der Waals surface area contributed by atoms with E-state index in [1.165, 1.54) is 43.3 Å². The van der Waals surface area contributed by atoms with Crippen molar-refractivity contribution >= 4 is 23.3 Å². The lowest BCUT2D eigenvalue weighted by atomic mass is 9.94. The highest BCUT2D eigenvalue weighted by atomic mass is 19.4. The maximum absolute atomic E-state index is 13.2. The molecule has 156 valence electrons. The van der Waals surface area contributed by atoms with Gasteiger partial charge in [-0.25, -0.2) is 4.79 Å². The zero-order valence-corrected chi connectivity index (χ0v) is 15.4. The molecule has 0 aliphatic carbocycles. The van der Waals surface area contributed by atoms with Crippen LogP contribution in [0.15, 0.2) is 59.8 Å². The number of hydrogen-bond acceptors (Lipinski definition) is 4. The number of nitrogens with zero attached hydrogens (tertiary/aromatic N) is 1. The Bertz CT molecular complexity index is 1050. The van der Waals surface area contributed by atoms with Gasteiger partial charge in [0.25, 0.3) is 11.6 Å². The SMILES string of the molecule is CC1=C(C(=O)Nc2ccccc2C(F)(F)F)[C@@H](c2ccc([N+](=O)[O-])cc2)NC(=O)N1. The molecule has 11 heteroatoms. The Morgan fingerprint density at radius 1 is 1.13 bits per heavy atom. The number of para-hydroxylation sites is 1. The largest absolute Gasteiger partial charge is 0.418 e. The predicted molar refractivity (Wildman–Crippen MR) is 100 cm³/mol. The molecule has 0 aromatic heterocycles. The second-order valence-corrected chi connectivity index (χ2v) is 6.42. The van der Waals surface area contributed by atoms with E-state index in [2.05, 4.69) is 16.0 Å². The van der Waals surface area contributed by atoms with Crippen molar-refractivity contribution in [1.29, 1.82) is 0 Å². The molecule has 1 aliphatic rings. The Labute approximate surface area is 167 Å². The number of anilines is 1. The monoisotopic (exact) mass is 420 g/mol. The summed E-state index contributed by atoms with van der Waals surface area (Å²) >= 11 is 0. The molecule has 1 heterocycles. The number of halogens is 3. The van der Waals surface area contributed by atoms with Gasteiger partial charge in [-0.2, -0.15) is 13.2 Å². The molecule has 1 atom stereocenters. The standard InChI is InChI=1S/C19H15F3N4O4/c1-10-15(17(27)24-14-5-3-2-4-13(14)19(20,21)22)16(25-18(28)23-10)11-6-8-12(9-7-11)26(29)30/h2-9,16H,1H3,(H,24,27)(H2,23,25,28)/t16-/m1/s1. The molecule has 0 saturated carbocycles. The average Bonchev–Trinajstić information content (AvgIpc) is 2.67. The van der Waals surface area contributed by atoms with Gasteiger partial charge < -0.3 is 16.0 Å². The minimum Gasteiger partial charge on any atom is -0.327 e. The number of hydrogen-bond donors (Lipinski definition) is 3. The van der Waals surface area contributed by atoms with Crippen molar-refractivity contribution in [2.75, 3.05) is 5.32 Å². The number of alkyl halides is 3. The number of non-ortho nitro benzene ring substituents is 1. The zero-order valence-electron chi connectivity index (χ0n) is 15.4. The lowest BCUT2D eigenvalue weighted by Crippen LogP contribution is -2.46. The van der Waals surface area contributed by atoms with Crippen molar-refractivity contribution in [3.8, 4) is 0 Å². The quantitative estimate of drug-likeness (QED) is 0.515. The molecule has 3 N–H and O–H groups in total. The highest BCUT2D eigenvalue weighted by Crippen LogP contribution is 2.35. The zero-order chi connectivity index (χ0) is 22.1. The van der Waals surface area contributed by atoms with Crippen LogP contribution >= 0.6 is 0 Å². The molecule has 0 spiro atoms. The van der Waals surface area contributed by atoms with Crippen LogP contribution in [0.5, 0.6) is 0 Å². The van der Waals surface area contributed by atoms with Gasteiger partial charge in [0.05, 0.1) is 27.8 Å². The van der Waals surface area contributed by atoms with Gasteiger partial charge >= 0.3 is 12.2 Å². The van der Waals surface area contributed by atoms with E-state index in [-0.39, 0.29) is 17.0 Å². The number of carbonyl (C=O) groups is 2. The van der Waals surface area contributed by atoms with E-state index in [1.54, 1.807) is 0 Å². The molecule has 0 unspecified atom stereocenters. The van der Waals surface area contributed by atoms with Gasteiger partial charge in [-0.1, -0.05) is 12.1 Å². The fourth-order valence-electron chi connectivity index (χ4n) is 3.06. The van der Waals surface area contributed by atoms with E-state index in [1.807, 2.05) is 0 Å². The van der Waals surface area contributed by atoms with Crippen molar-refractivity contribution in [1.82, 2.24) is 10.6 Å². The first-order valence-electron chi connectivity index (χ1n) is 8.58. The smallest absolute Gasteiger partial charge is 0.327 e. The van der Waals surface area contributed by atoms with Crippen LogP contribution < -0.4 is 16.0 Å². The minimum absolute atomic E-state index is 0.0274. The molecular formula is C19H15F3N4O4. The van der Waals surface area contributed by atoms with Crippen LogP contribution in [0.25, 0.3) is 0 Å². The second kappa shape index (κ2) is 7.85. The molecule has 3 rings (SSSR count). The number of urea groups is 1. The Hall–Kier alpha value is -3.89. The summed E-state index contributed by atoms with van der Waals surface area (Å²) in [6.07, 6.45) is -4.68. The first-order valence-corrected chi connectivity index (χ1v) is 8.58. The van der Waals surface area contributed by atoms with Crippen LogP contribution in [-0.2, 0) is 11.0 Å². The number of allylic oxidation sites excluding steroid dienone is 1. The molecular weight excluding hydrogens is 405 g/mol. The highest BCUT2D eigenvalue weighted by Gasteiger charge is 2.35. The number of carbonyl (C=O) groups excluding carboxylic acids is 2. The maximum Gasteiger partial charge on any atom is 0.418 e. The molecule has 2 aromatic carbocycles. The Kier molecular flexibility index (Phi) is 5.45. The maximum atomic E-state index is 13.2. The van der Waals surface area contributed by atoms with E-state index < -0.39 is 40.3 Å². The molecule has 30 heavy (non-hydrogen) atoms. The third-order valence-corrected chi connectivity index (χ3v) is 4.43. The van der Waals surface area contributed by atoms with Gasteiger partial charge in [0, 0.05) is 17.8 Å². The lowest BCUT2D eigenvalue weighted by molar-refractivity contribution is -0.384. The number of benzene rings is 2. The van der Waals surface area contributed by atoms with Gasteiger partial charge in [-0.05, 0) is 36.8 Å². The third-order valence-electron chi connectivity index (χ3n) is 4.43. The van der Waals surface area contributed by atoms with Crippen molar-refractivity contribution in [2.24, 2.45) is 0 Å². The van der Waals surface area contributed by atoms with Crippen LogP contribution in [0.3, 0.4) is 0 Å². The van der Waals surface area contributed by atoms with Crippen LogP contribution in [-0.4, -0.2) is 16.9 Å². The summed E-state index contributed by atoms with van der Waals surface area (Å²) in [4.78, 5) is 35.0. The highest BCUT2D eigenvalue weighted by molar-refractivity contribution is 6.07. The lowest BCUT2D eigenvalue weighted by Gasteiger charge is -2.29. The second-order valence-electron chi connectivity index (χ2n) is 6.42. The summed E-state index contributed by atoms with van der Waals surface area (Å²) in [5.41, 5.74) is -1.18. The molecule has 3 amide bonds. The van der Waals surface area contributed by atoms with Gasteiger partial charge in [0.15, 0.2) is 0 Å². The van der Waals surface area contributed by atoms with Gasteiger partial charge in [0.1, 0.15) is 0 Å². The normalized spacial score (nSPS) is 16.5. The van der Waals surface area contributed by atoms with Crippen molar-refractivity contribution < 1.29 is 27.7 Å². The molecule has 0 bridgehead atoms. The van der Waals surface area contributed by atoms with Crippen molar-refractivity contribution in [3.05, 3.63) is 81.0 Å². The summed E-state index contributed by atoms with van der Waals surface area (Å²) in [5.74, 6) is -0.861. The predicted octanol–water partition coefficient (Wildman–Crippen LogP) is 3.88. The molecule has 0 fully saturated rings. The number of amides is 3. The Balaban J connectivity index is 1.97. The van der Waals surface area contributed by atoms with E-state index >= 15 is 0 Å². The topological polar surface area (TPSA) is 113 Å². The average molecular weight is 420 g/mol. The number of nitrogens with one attached hydrogen (secondary N) is 3. The van der Waals surface area contributed by atoms with Crippen LogP contribution in [0.4, 0.5) is 29.3 Å². The number of nitro benzene ring substituents is 1. The van der Waals surface area contributed by atoms with E-state index in [0.29, 0.717) is 5.56 Å². The van der Waals surface area contributed by atoms with Gasteiger partial charge in [-0.15, -0.1) is 0 Å². The van der Waals surface area contributed by atoms with Gasteiger partial charge in [-0.3, -0.25) is 14.9 Å². The number of rotatable bonds is 4. The first-order chi connectivity index (χ1) is 14.1. The molecule has 2 aromatic rings.